The number of hydrogen-bond donors (Lipinski definition) is 0. The van der Waals surface area contributed by atoms with Crippen molar-refractivity contribution in [2.45, 2.75) is 38.5 Å². The molecule has 70 valence electrons. The molecular weight excluding hydrogens is 224 g/mol. The van der Waals surface area contributed by atoms with Gasteiger partial charge in [0.2, 0.25) is 0 Å². The Kier molecular flexibility index (Phi) is 0.731. The van der Waals surface area contributed by atoms with Gasteiger partial charge in [0, 0.05) is 5.33 Å². The maximum absolute atomic E-state index is 3.77. The second-order valence-corrected chi connectivity index (χ2v) is 7.21. The Labute approximate surface area is 87.6 Å². The molecule has 0 aromatic rings. The zero-order chi connectivity index (χ0) is 8.53. The Morgan fingerprint density at radius 1 is 0.923 bits per heavy atom. The number of alkyl halides is 1. The monoisotopic (exact) mass is 238 g/mol. The van der Waals surface area contributed by atoms with Crippen molar-refractivity contribution in [3.63, 3.8) is 0 Å². The van der Waals surface area contributed by atoms with Crippen molar-refractivity contribution in [1.29, 1.82) is 0 Å². The van der Waals surface area contributed by atoms with E-state index in [4.69, 9.17) is 0 Å². The third kappa shape index (κ3) is 0.415. The molecule has 5 rings (SSSR count). The van der Waals surface area contributed by atoms with E-state index < -0.39 is 0 Å². The van der Waals surface area contributed by atoms with Crippen molar-refractivity contribution in [1.82, 2.24) is 0 Å². The number of rotatable bonds is 1. The minimum absolute atomic E-state index is 0.931. The fourth-order valence-electron chi connectivity index (χ4n) is 5.73. The third-order valence-corrected chi connectivity index (χ3v) is 7.29. The molecule has 0 aromatic heterocycles. The van der Waals surface area contributed by atoms with Gasteiger partial charge in [0.1, 0.15) is 0 Å². The van der Waals surface area contributed by atoms with Gasteiger partial charge >= 0.3 is 0 Å². The van der Waals surface area contributed by atoms with Crippen LogP contribution in [0.25, 0.3) is 0 Å². The van der Waals surface area contributed by atoms with Crippen LogP contribution >= 0.6 is 15.9 Å². The van der Waals surface area contributed by atoms with E-state index in [9.17, 15) is 0 Å². The van der Waals surface area contributed by atoms with Crippen LogP contribution in [-0.4, -0.2) is 5.33 Å². The second-order valence-electron chi connectivity index (χ2n) is 6.56. The Morgan fingerprint density at radius 3 is 1.62 bits per heavy atom. The molecule has 1 heteroatoms. The molecule has 0 amide bonds. The molecule has 5 saturated carbocycles. The summed E-state index contributed by atoms with van der Waals surface area (Å²) in [5, 5.41) is 1.32. The molecule has 2 atom stereocenters. The van der Waals surface area contributed by atoms with Gasteiger partial charge in [-0.15, -0.1) is 0 Å². The quantitative estimate of drug-likeness (QED) is 0.615. The van der Waals surface area contributed by atoms with Gasteiger partial charge in [-0.25, -0.2) is 0 Å². The molecule has 5 aliphatic rings. The van der Waals surface area contributed by atoms with Crippen LogP contribution in [0.1, 0.15) is 38.5 Å². The normalized spacial score (nSPS) is 64.8. The summed E-state index contributed by atoms with van der Waals surface area (Å²) < 4.78 is 0. The highest BCUT2D eigenvalue weighted by atomic mass is 79.9. The average molecular weight is 239 g/mol. The van der Waals surface area contributed by atoms with Gasteiger partial charge in [-0.2, -0.15) is 0 Å². The lowest BCUT2D eigenvalue weighted by Gasteiger charge is -1.89. The number of fused-ring (bicyclic) bond motifs is 3. The Morgan fingerprint density at radius 2 is 1.38 bits per heavy atom. The predicted molar refractivity (Wildman–Crippen MR) is 54.7 cm³/mol. The molecule has 5 fully saturated rings. The molecule has 0 saturated heterocycles. The predicted octanol–water partition coefficient (Wildman–Crippen LogP) is 3.35. The SMILES string of the molecule is BrCC1C2(CC23CC3)C12CC21CC1. The summed E-state index contributed by atoms with van der Waals surface area (Å²) in [5.74, 6) is 1.12. The van der Waals surface area contributed by atoms with Gasteiger partial charge in [-0.3, -0.25) is 0 Å². The number of hydrogen-bond acceptors (Lipinski definition) is 0. The lowest BCUT2D eigenvalue weighted by molar-refractivity contribution is 0.568. The summed E-state index contributed by atoms with van der Waals surface area (Å²) in [4.78, 5) is 0. The van der Waals surface area contributed by atoms with E-state index in [1.54, 1.807) is 38.5 Å². The van der Waals surface area contributed by atoms with Gasteiger partial charge in [0.25, 0.3) is 0 Å². The molecule has 2 unspecified atom stereocenters. The largest absolute Gasteiger partial charge is 0.0925 e. The third-order valence-electron chi connectivity index (χ3n) is 6.64. The Hall–Kier alpha value is 0.480. The standard InChI is InChI=1S/C12H15Br/c13-5-8-11(6-9(11)1-2-9)12(8)7-10(12)3-4-10/h8H,1-7H2. The fourth-order valence-corrected chi connectivity index (χ4v) is 6.83. The first kappa shape index (κ1) is 6.87. The van der Waals surface area contributed by atoms with Crippen molar-refractivity contribution >= 4 is 15.9 Å². The summed E-state index contributed by atoms with van der Waals surface area (Å²) in [6.45, 7) is 0. The maximum Gasteiger partial charge on any atom is 0.00711 e. The van der Waals surface area contributed by atoms with E-state index in [0.29, 0.717) is 0 Å². The topological polar surface area (TPSA) is 0 Å². The summed E-state index contributed by atoms with van der Waals surface area (Å²) in [6.07, 6.45) is 9.64. The Balaban J connectivity index is 1.63. The van der Waals surface area contributed by atoms with Crippen LogP contribution in [-0.2, 0) is 0 Å². The van der Waals surface area contributed by atoms with Gasteiger partial charge in [-0.1, -0.05) is 15.9 Å². The van der Waals surface area contributed by atoms with Gasteiger partial charge in [-0.05, 0) is 66.1 Å². The van der Waals surface area contributed by atoms with Crippen LogP contribution in [0.15, 0.2) is 0 Å². The van der Waals surface area contributed by atoms with Crippen LogP contribution in [0.5, 0.6) is 0 Å². The van der Waals surface area contributed by atoms with E-state index in [0.717, 1.165) is 27.6 Å². The summed E-state index contributed by atoms with van der Waals surface area (Å²) in [5.41, 5.74) is 3.75. The highest BCUT2D eigenvalue weighted by molar-refractivity contribution is 9.09. The fraction of sp³-hybridized carbons (Fsp3) is 1.00. The maximum atomic E-state index is 3.77. The summed E-state index contributed by atoms with van der Waals surface area (Å²) >= 11 is 3.77. The second kappa shape index (κ2) is 1.38. The first-order valence-electron chi connectivity index (χ1n) is 5.83. The molecule has 0 N–H and O–H groups in total. The molecule has 13 heavy (non-hydrogen) atoms. The zero-order valence-electron chi connectivity index (χ0n) is 7.91. The van der Waals surface area contributed by atoms with E-state index >= 15 is 0 Å². The molecule has 0 heterocycles. The molecule has 0 aromatic carbocycles. The van der Waals surface area contributed by atoms with Crippen molar-refractivity contribution in [3.8, 4) is 0 Å². The lowest BCUT2D eigenvalue weighted by Crippen LogP contribution is -1.86. The van der Waals surface area contributed by atoms with Gasteiger partial charge in [0.15, 0.2) is 0 Å². The van der Waals surface area contributed by atoms with Crippen molar-refractivity contribution in [2.75, 3.05) is 5.33 Å². The first-order chi connectivity index (χ1) is 6.27. The van der Waals surface area contributed by atoms with Crippen LogP contribution in [0, 0.1) is 27.6 Å². The van der Waals surface area contributed by atoms with Crippen molar-refractivity contribution in [2.24, 2.45) is 27.6 Å². The molecule has 0 radical (unpaired) electrons. The van der Waals surface area contributed by atoms with E-state index in [2.05, 4.69) is 15.9 Å². The summed E-state index contributed by atoms with van der Waals surface area (Å²) in [6, 6.07) is 0. The first-order valence-corrected chi connectivity index (χ1v) is 6.95. The Bertz CT molecular complexity index is 307. The van der Waals surface area contributed by atoms with Crippen LogP contribution < -0.4 is 0 Å². The smallest absolute Gasteiger partial charge is 0.00711 e. The average Bonchev–Trinajstić information content (AvgIpc) is 2.95. The zero-order valence-corrected chi connectivity index (χ0v) is 9.49. The molecule has 4 spiro atoms. The molecule has 0 nitrogen and oxygen atoms in total. The van der Waals surface area contributed by atoms with E-state index in [1.165, 1.54) is 5.33 Å². The van der Waals surface area contributed by atoms with Crippen LogP contribution in [0.3, 0.4) is 0 Å². The minimum atomic E-state index is 0.931. The number of halogens is 1. The molecule has 0 bridgehead atoms. The van der Waals surface area contributed by atoms with Crippen molar-refractivity contribution in [3.05, 3.63) is 0 Å². The van der Waals surface area contributed by atoms with Crippen LogP contribution in [0.2, 0.25) is 0 Å². The van der Waals surface area contributed by atoms with Gasteiger partial charge < -0.3 is 0 Å². The molecule has 0 aliphatic heterocycles. The van der Waals surface area contributed by atoms with E-state index in [1.807, 2.05) is 0 Å². The van der Waals surface area contributed by atoms with E-state index in [-0.39, 0.29) is 0 Å². The minimum Gasteiger partial charge on any atom is -0.0925 e. The summed E-state index contributed by atoms with van der Waals surface area (Å²) in [7, 11) is 0. The highest BCUT2D eigenvalue weighted by Gasteiger charge is 3.05. The highest BCUT2D eigenvalue weighted by Crippen LogP contribution is 3.10. The molecular formula is C12H15Br. The van der Waals surface area contributed by atoms with Crippen molar-refractivity contribution < 1.29 is 0 Å². The van der Waals surface area contributed by atoms with Crippen LogP contribution in [0.4, 0.5) is 0 Å². The lowest BCUT2D eigenvalue weighted by atomic mass is 10.1. The van der Waals surface area contributed by atoms with Gasteiger partial charge in [0.05, 0.1) is 0 Å². The molecule has 5 aliphatic carbocycles.